The topological polar surface area (TPSA) is 12.0 Å². The van der Waals surface area contributed by atoms with Gasteiger partial charge in [0, 0.05) is 16.9 Å². The lowest BCUT2D eigenvalue weighted by Gasteiger charge is -2.35. The molecule has 5 aliphatic carbocycles. The molecule has 2 unspecified atom stereocenters. The summed E-state index contributed by atoms with van der Waals surface area (Å²) in [4.78, 5) is 0. The molecule has 3 fully saturated rings. The smallest absolute Gasteiger partial charge is 0.0463 e. The van der Waals surface area contributed by atoms with Crippen LogP contribution in [0.5, 0.6) is 0 Å². The second-order valence-corrected chi connectivity index (χ2v) is 12.1. The van der Waals surface area contributed by atoms with Crippen molar-refractivity contribution in [3.63, 3.8) is 0 Å². The van der Waals surface area contributed by atoms with E-state index in [-0.39, 0.29) is 0 Å². The summed E-state index contributed by atoms with van der Waals surface area (Å²) >= 11 is 0. The number of nitrogens with one attached hydrogen (secondary N) is 1. The molecule has 41 heavy (non-hydrogen) atoms. The Bertz CT molecular complexity index is 1920. The van der Waals surface area contributed by atoms with E-state index < -0.39 is 0 Å². The Morgan fingerprint density at radius 1 is 0.439 bits per heavy atom. The highest BCUT2D eigenvalue weighted by Crippen LogP contribution is 2.73. The molecule has 0 spiro atoms. The Morgan fingerprint density at radius 3 is 1.78 bits per heavy atom. The fourth-order valence-corrected chi connectivity index (χ4v) is 8.45. The zero-order valence-electron chi connectivity index (χ0n) is 22.9. The SMILES string of the molecule is c1ccc(-c2ccccc2Nc2ccc(-c3ccc(-c4ccc5c(c4)C4C6CCC4C56)c4ccccc34)cc2)cc1. The van der Waals surface area contributed by atoms with E-state index in [1.807, 2.05) is 0 Å². The molecule has 0 radical (unpaired) electrons. The van der Waals surface area contributed by atoms with E-state index in [0.717, 1.165) is 35.0 Å². The van der Waals surface area contributed by atoms with Gasteiger partial charge < -0.3 is 5.32 Å². The number of fused-ring (bicyclic) bond motifs is 2. The first-order valence-corrected chi connectivity index (χ1v) is 15.0. The summed E-state index contributed by atoms with van der Waals surface area (Å²) in [6.45, 7) is 0. The van der Waals surface area contributed by atoms with Crippen molar-refractivity contribution in [2.24, 2.45) is 11.8 Å². The first-order chi connectivity index (χ1) is 20.3. The molecule has 11 rings (SSSR count). The van der Waals surface area contributed by atoms with E-state index in [1.54, 1.807) is 11.1 Å². The molecule has 1 heteroatoms. The zero-order chi connectivity index (χ0) is 26.9. The molecule has 6 aromatic carbocycles. The van der Waals surface area contributed by atoms with E-state index in [1.165, 1.54) is 57.0 Å². The molecule has 3 saturated carbocycles. The van der Waals surface area contributed by atoms with Crippen molar-refractivity contribution in [3.8, 4) is 33.4 Å². The normalized spacial score (nSPS) is 21.5. The maximum Gasteiger partial charge on any atom is 0.0463 e. The van der Waals surface area contributed by atoms with Gasteiger partial charge in [0.25, 0.3) is 0 Å². The third kappa shape index (κ3) is 3.48. The highest BCUT2D eigenvalue weighted by molar-refractivity contribution is 6.05. The Morgan fingerprint density at radius 2 is 1.02 bits per heavy atom. The van der Waals surface area contributed by atoms with Gasteiger partial charge in [-0.2, -0.15) is 0 Å². The van der Waals surface area contributed by atoms with Crippen LogP contribution in [-0.4, -0.2) is 0 Å². The highest BCUT2D eigenvalue weighted by Gasteiger charge is 2.62. The molecule has 0 amide bonds. The molecule has 4 bridgehead atoms. The predicted octanol–water partition coefficient (Wildman–Crippen LogP) is 10.8. The minimum absolute atomic E-state index is 0.840. The van der Waals surface area contributed by atoms with Crippen LogP contribution in [0.25, 0.3) is 44.2 Å². The average molecular weight is 526 g/mol. The largest absolute Gasteiger partial charge is 0.355 e. The molecule has 2 atom stereocenters. The van der Waals surface area contributed by atoms with Gasteiger partial charge in [-0.3, -0.25) is 0 Å². The van der Waals surface area contributed by atoms with Crippen LogP contribution < -0.4 is 5.32 Å². The standard InChI is InChI=1S/C40H31N/c1-2-8-25(9-3-1)31-10-6-7-13-38(31)41-28-17-14-26(15-18-28)29-20-21-30(33-12-5-4-11-32(29)33)27-16-19-34-37(24-27)40-35-22-23-36(40)39(34)35/h1-21,24,35-36,39-41H,22-23H2. The first-order valence-electron chi connectivity index (χ1n) is 15.0. The Kier molecular flexibility index (Phi) is 5.04. The van der Waals surface area contributed by atoms with E-state index in [2.05, 4.69) is 139 Å². The van der Waals surface area contributed by atoms with E-state index in [9.17, 15) is 0 Å². The lowest BCUT2D eigenvalue weighted by Crippen LogP contribution is -2.26. The van der Waals surface area contributed by atoms with E-state index in [4.69, 9.17) is 0 Å². The Labute approximate surface area is 241 Å². The average Bonchev–Trinajstić information content (AvgIpc) is 3.80. The molecule has 0 saturated heterocycles. The lowest BCUT2D eigenvalue weighted by atomic mass is 9.68. The second kappa shape index (κ2) is 8.94. The number of rotatable bonds is 5. The maximum atomic E-state index is 3.66. The highest BCUT2D eigenvalue weighted by atomic mass is 14.9. The molecule has 196 valence electrons. The van der Waals surface area contributed by atoms with Crippen molar-refractivity contribution in [2.75, 3.05) is 5.32 Å². The second-order valence-electron chi connectivity index (χ2n) is 12.1. The van der Waals surface area contributed by atoms with Gasteiger partial charge in [-0.1, -0.05) is 115 Å². The van der Waals surface area contributed by atoms with Gasteiger partial charge in [0.1, 0.15) is 0 Å². The maximum absolute atomic E-state index is 3.66. The molecule has 0 aromatic heterocycles. The van der Waals surface area contributed by atoms with Crippen LogP contribution in [0.2, 0.25) is 0 Å². The number of para-hydroxylation sites is 1. The molecule has 5 aliphatic rings. The third-order valence-corrected chi connectivity index (χ3v) is 10.2. The quantitative estimate of drug-likeness (QED) is 0.236. The summed E-state index contributed by atoms with van der Waals surface area (Å²) in [6, 6.07) is 48.9. The van der Waals surface area contributed by atoms with Crippen LogP contribution in [0, 0.1) is 11.8 Å². The number of hydrogen-bond donors (Lipinski definition) is 1. The van der Waals surface area contributed by atoms with E-state index in [0.29, 0.717) is 0 Å². The fraction of sp³-hybridized carbons (Fsp3) is 0.150. The zero-order valence-corrected chi connectivity index (χ0v) is 22.9. The molecule has 0 heterocycles. The summed E-state index contributed by atoms with van der Waals surface area (Å²) in [6.07, 6.45) is 2.88. The summed E-state index contributed by atoms with van der Waals surface area (Å²) in [7, 11) is 0. The van der Waals surface area contributed by atoms with E-state index >= 15 is 0 Å². The van der Waals surface area contributed by atoms with Crippen molar-refractivity contribution >= 4 is 22.1 Å². The molecule has 0 aliphatic heterocycles. The lowest BCUT2D eigenvalue weighted by molar-refractivity contribution is 0.225. The summed E-state index contributed by atoms with van der Waals surface area (Å²) < 4.78 is 0. The molecule has 6 aromatic rings. The van der Waals surface area contributed by atoms with Gasteiger partial charge in [-0.25, -0.2) is 0 Å². The predicted molar refractivity (Wildman–Crippen MR) is 172 cm³/mol. The van der Waals surface area contributed by atoms with Crippen LogP contribution in [0.15, 0.2) is 133 Å². The first kappa shape index (κ1) is 23.1. The minimum atomic E-state index is 0.840. The fourth-order valence-electron chi connectivity index (χ4n) is 8.45. The van der Waals surface area contributed by atoms with Crippen molar-refractivity contribution in [1.82, 2.24) is 0 Å². The van der Waals surface area contributed by atoms with Crippen molar-refractivity contribution in [1.29, 1.82) is 0 Å². The van der Waals surface area contributed by atoms with Crippen LogP contribution in [0.4, 0.5) is 11.4 Å². The third-order valence-electron chi connectivity index (χ3n) is 10.2. The number of benzene rings is 6. The van der Waals surface area contributed by atoms with Crippen molar-refractivity contribution < 1.29 is 0 Å². The number of anilines is 2. The summed E-state index contributed by atoms with van der Waals surface area (Å²) in [5.41, 5.74) is 13.2. The van der Waals surface area contributed by atoms with Gasteiger partial charge >= 0.3 is 0 Å². The van der Waals surface area contributed by atoms with Crippen LogP contribution in [-0.2, 0) is 0 Å². The van der Waals surface area contributed by atoms with Gasteiger partial charge in [0.05, 0.1) is 0 Å². The minimum Gasteiger partial charge on any atom is -0.355 e. The molecule has 1 N–H and O–H groups in total. The van der Waals surface area contributed by atoms with Crippen LogP contribution in [0.1, 0.15) is 35.8 Å². The van der Waals surface area contributed by atoms with Crippen LogP contribution in [0.3, 0.4) is 0 Å². The van der Waals surface area contributed by atoms with Crippen LogP contribution >= 0.6 is 0 Å². The van der Waals surface area contributed by atoms with Gasteiger partial charge in [0.15, 0.2) is 0 Å². The molecular formula is C40H31N. The summed E-state index contributed by atoms with van der Waals surface area (Å²) in [5, 5.41) is 6.30. The molecular weight excluding hydrogens is 494 g/mol. The van der Waals surface area contributed by atoms with Crippen molar-refractivity contribution in [3.05, 3.63) is 145 Å². The Hall–Kier alpha value is -4.62. The van der Waals surface area contributed by atoms with Gasteiger partial charge in [-0.15, -0.1) is 0 Å². The van der Waals surface area contributed by atoms with Gasteiger partial charge in [-0.05, 0) is 104 Å². The van der Waals surface area contributed by atoms with Gasteiger partial charge in [0.2, 0.25) is 0 Å². The number of hydrogen-bond acceptors (Lipinski definition) is 1. The monoisotopic (exact) mass is 525 g/mol. The molecule has 1 nitrogen and oxygen atoms in total. The van der Waals surface area contributed by atoms with Crippen molar-refractivity contribution in [2.45, 2.75) is 24.7 Å². The Balaban J connectivity index is 1.05. The summed E-state index contributed by atoms with van der Waals surface area (Å²) in [5.74, 6) is 3.59.